The van der Waals surface area contributed by atoms with Crippen molar-refractivity contribution in [1.29, 1.82) is 0 Å². The lowest BCUT2D eigenvalue weighted by molar-refractivity contribution is 1.79. The molecule has 0 aliphatic rings. The number of hydrogen-bond acceptors (Lipinski definition) is 2. The molecule has 0 aliphatic heterocycles. The highest BCUT2D eigenvalue weighted by atomic mass is 32.2. The molecule has 0 atom stereocenters. The highest BCUT2D eigenvalue weighted by Crippen LogP contribution is 2.10. The van der Waals surface area contributed by atoms with E-state index in [2.05, 4.69) is 10.8 Å². The third-order valence-corrected chi connectivity index (χ3v) is 2.26. The van der Waals surface area contributed by atoms with Crippen molar-refractivity contribution < 1.29 is 0 Å². The Kier molecular flexibility index (Phi) is 8.85. The molecule has 0 aromatic rings. The standard InChI is InChI=1S/C8H12S2/c1-3-5-9-7-8-10-6-4-2/h3-8H,1-2H3/b5-3-,6-4+,8-7-. The van der Waals surface area contributed by atoms with Crippen molar-refractivity contribution >= 4 is 23.5 Å². The second kappa shape index (κ2) is 8.92. The average Bonchev–Trinajstić information content (AvgIpc) is 1.97. The van der Waals surface area contributed by atoms with Crippen LogP contribution in [0.25, 0.3) is 0 Å². The Hall–Kier alpha value is -0.0800. The molecule has 0 spiro atoms. The largest absolute Gasteiger partial charge is 0.106 e. The van der Waals surface area contributed by atoms with Gasteiger partial charge in [0.2, 0.25) is 0 Å². The maximum absolute atomic E-state index is 2.06. The summed E-state index contributed by atoms with van der Waals surface area (Å²) < 4.78 is 0. The van der Waals surface area contributed by atoms with Gasteiger partial charge in [0.25, 0.3) is 0 Å². The zero-order valence-corrected chi connectivity index (χ0v) is 7.91. The molecule has 56 valence electrons. The van der Waals surface area contributed by atoms with Gasteiger partial charge in [0.1, 0.15) is 0 Å². The number of hydrogen-bond donors (Lipinski definition) is 0. The monoisotopic (exact) mass is 172 g/mol. The third kappa shape index (κ3) is 7.92. The minimum absolute atomic E-state index is 1.69. The van der Waals surface area contributed by atoms with Crippen LogP contribution in [0.1, 0.15) is 13.8 Å². The number of allylic oxidation sites excluding steroid dienone is 2. The van der Waals surface area contributed by atoms with Gasteiger partial charge in [0.05, 0.1) is 0 Å². The zero-order valence-electron chi connectivity index (χ0n) is 6.28. The number of thioether (sulfide) groups is 2. The van der Waals surface area contributed by atoms with Crippen LogP contribution in [0.15, 0.2) is 33.8 Å². The Bertz CT molecular complexity index is 118. The van der Waals surface area contributed by atoms with E-state index in [4.69, 9.17) is 0 Å². The van der Waals surface area contributed by atoms with E-state index in [9.17, 15) is 0 Å². The molecule has 0 aromatic carbocycles. The second-order valence-electron chi connectivity index (χ2n) is 1.48. The van der Waals surface area contributed by atoms with E-state index in [1.807, 2.05) is 36.8 Å². The Morgan fingerprint density at radius 3 is 1.40 bits per heavy atom. The topological polar surface area (TPSA) is 0 Å². The van der Waals surface area contributed by atoms with E-state index in [0.29, 0.717) is 0 Å². The Morgan fingerprint density at radius 1 is 0.700 bits per heavy atom. The first kappa shape index (κ1) is 9.92. The van der Waals surface area contributed by atoms with Gasteiger partial charge < -0.3 is 0 Å². The van der Waals surface area contributed by atoms with Gasteiger partial charge in [-0.05, 0) is 35.5 Å². The Balaban J connectivity index is 3.20. The predicted molar refractivity (Wildman–Crippen MR) is 54.0 cm³/mol. The summed E-state index contributed by atoms with van der Waals surface area (Å²) in [6.07, 6.45) is 4.05. The van der Waals surface area contributed by atoms with E-state index in [1.165, 1.54) is 0 Å². The van der Waals surface area contributed by atoms with E-state index < -0.39 is 0 Å². The lowest BCUT2D eigenvalue weighted by Gasteiger charge is -1.79. The van der Waals surface area contributed by atoms with Gasteiger partial charge >= 0.3 is 0 Å². The molecule has 0 aromatic heterocycles. The summed E-state index contributed by atoms with van der Waals surface area (Å²) in [5, 5.41) is 8.22. The molecule has 0 N–H and O–H groups in total. The van der Waals surface area contributed by atoms with Crippen LogP contribution in [0.3, 0.4) is 0 Å². The van der Waals surface area contributed by atoms with Crippen LogP contribution in [-0.2, 0) is 0 Å². The van der Waals surface area contributed by atoms with Gasteiger partial charge in [0.15, 0.2) is 0 Å². The smallest absolute Gasteiger partial charge is 0.0182 e. The van der Waals surface area contributed by atoms with E-state index in [1.54, 1.807) is 23.5 Å². The molecule has 0 aliphatic carbocycles. The number of rotatable bonds is 4. The normalized spacial score (nSPS) is 12.6. The molecule has 0 heterocycles. The lowest BCUT2D eigenvalue weighted by atomic mass is 10.8. The third-order valence-electron chi connectivity index (χ3n) is 0.642. The van der Waals surface area contributed by atoms with Crippen molar-refractivity contribution in [3.63, 3.8) is 0 Å². The molecule has 10 heavy (non-hydrogen) atoms. The quantitative estimate of drug-likeness (QED) is 0.629. The van der Waals surface area contributed by atoms with Crippen LogP contribution < -0.4 is 0 Å². The first-order valence-electron chi connectivity index (χ1n) is 3.10. The minimum Gasteiger partial charge on any atom is -0.106 e. The highest BCUT2D eigenvalue weighted by molar-refractivity contribution is 8.08. The molecular weight excluding hydrogens is 160 g/mol. The van der Waals surface area contributed by atoms with Crippen molar-refractivity contribution in [3.05, 3.63) is 33.8 Å². The first-order valence-corrected chi connectivity index (χ1v) is 4.98. The van der Waals surface area contributed by atoms with Gasteiger partial charge in [-0.2, -0.15) is 0 Å². The minimum atomic E-state index is 1.69. The summed E-state index contributed by atoms with van der Waals surface area (Å²) >= 11 is 3.38. The van der Waals surface area contributed by atoms with Gasteiger partial charge in [-0.3, -0.25) is 0 Å². The SMILES string of the molecule is C/C=C\S/C=C\S/C=C/C. The molecule has 0 bridgehead atoms. The molecule has 0 nitrogen and oxygen atoms in total. The maximum Gasteiger partial charge on any atom is -0.0182 e. The summed E-state index contributed by atoms with van der Waals surface area (Å²) in [6, 6.07) is 0. The molecule has 0 saturated carbocycles. The summed E-state index contributed by atoms with van der Waals surface area (Å²) in [7, 11) is 0. The van der Waals surface area contributed by atoms with Crippen LogP contribution in [0.5, 0.6) is 0 Å². The van der Waals surface area contributed by atoms with E-state index in [0.717, 1.165) is 0 Å². The molecule has 0 fully saturated rings. The van der Waals surface area contributed by atoms with Gasteiger partial charge in [0, 0.05) is 0 Å². The van der Waals surface area contributed by atoms with Gasteiger partial charge in [-0.15, -0.1) is 23.5 Å². The zero-order chi connectivity index (χ0) is 7.66. The summed E-state index contributed by atoms with van der Waals surface area (Å²) in [5.74, 6) is 0. The second-order valence-corrected chi connectivity index (χ2v) is 3.12. The van der Waals surface area contributed by atoms with Crippen LogP contribution in [0.2, 0.25) is 0 Å². The molecule has 0 rings (SSSR count). The fourth-order valence-electron chi connectivity index (χ4n) is 0.312. The van der Waals surface area contributed by atoms with Gasteiger partial charge in [-0.25, -0.2) is 0 Å². The van der Waals surface area contributed by atoms with Crippen LogP contribution in [-0.4, -0.2) is 0 Å². The molecular formula is C8H12S2. The predicted octanol–water partition coefficient (Wildman–Crippen LogP) is 3.99. The fourth-order valence-corrected chi connectivity index (χ4v) is 1.32. The summed E-state index contributed by atoms with van der Waals surface area (Å²) in [4.78, 5) is 0. The average molecular weight is 172 g/mol. The Labute approximate surface area is 71.5 Å². The van der Waals surface area contributed by atoms with Crippen molar-refractivity contribution in [2.45, 2.75) is 13.8 Å². The van der Waals surface area contributed by atoms with E-state index >= 15 is 0 Å². The van der Waals surface area contributed by atoms with Crippen molar-refractivity contribution in [2.24, 2.45) is 0 Å². The molecule has 0 radical (unpaired) electrons. The van der Waals surface area contributed by atoms with Crippen molar-refractivity contribution in [1.82, 2.24) is 0 Å². The lowest BCUT2D eigenvalue weighted by Crippen LogP contribution is -1.43. The van der Waals surface area contributed by atoms with E-state index in [-0.39, 0.29) is 0 Å². The molecule has 0 saturated heterocycles. The van der Waals surface area contributed by atoms with Crippen LogP contribution in [0.4, 0.5) is 0 Å². The van der Waals surface area contributed by atoms with Gasteiger partial charge in [-0.1, -0.05) is 12.2 Å². The Morgan fingerprint density at radius 2 is 1.10 bits per heavy atom. The van der Waals surface area contributed by atoms with Crippen LogP contribution in [0, 0.1) is 0 Å². The highest BCUT2D eigenvalue weighted by Gasteiger charge is 1.69. The summed E-state index contributed by atoms with van der Waals surface area (Å²) in [5.41, 5.74) is 0. The maximum atomic E-state index is 2.06. The fraction of sp³-hybridized carbons (Fsp3) is 0.250. The summed E-state index contributed by atoms with van der Waals surface area (Å²) in [6.45, 7) is 4.03. The molecule has 0 amide bonds. The molecule has 2 heteroatoms. The van der Waals surface area contributed by atoms with Crippen LogP contribution >= 0.6 is 23.5 Å². The first-order chi connectivity index (χ1) is 4.91. The van der Waals surface area contributed by atoms with Crippen molar-refractivity contribution in [2.75, 3.05) is 0 Å². The van der Waals surface area contributed by atoms with Crippen molar-refractivity contribution in [3.8, 4) is 0 Å². The molecule has 0 unspecified atom stereocenters.